The quantitative estimate of drug-likeness (QED) is 0.661. The van der Waals surface area contributed by atoms with Crippen LogP contribution < -0.4 is 16.0 Å². The summed E-state index contributed by atoms with van der Waals surface area (Å²) in [7, 11) is 0. The van der Waals surface area contributed by atoms with Gasteiger partial charge in [-0.3, -0.25) is 14.9 Å². The summed E-state index contributed by atoms with van der Waals surface area (Å²) in [5, 5.41) is 2.25. The minimum Gasteiger partial charge on any atom is -0.338 e. The van der Waals surface area contributed by atoms with Crippen LogP contribution in [0.25, 0.3) is 0 Å². The van der Waals surface area contributed by atoms with Crippen LogP contribution in [-0.2, 0) is 16.1 Å². The number of piperazine rings is 1. The standard InChI is InChI=1S/C11H14N4O2/c1-7-2-8(4-12)3-9(13-7)15-5-10(16)14-11(17)6-15/h2-3H,4-6,12H2,1H3,(H,14,16,17). The number of amides is 2. The monoisotopic (exact) mass is 234 g/mol. The molecule has 2 rings (SSSR count). The number of anilines is 1. The van der Waals surface area contributed by atoms with Crippen molar-refractivity contribution >= 4 is 17.6 Å². The number of aromatic nitrogens is 1. The van der Waals surface area contributed by atoms with Crippen molar-refractivity contribution in [2.75, 3.05) is 18.0 Å². The van der Waals surface area contributed by atoms with Gasteiger partial charge in [0.15, 0.2) is 0 Å². The van der Waals surface area contributed by atoms with Gasteiger partial charge in [-0.25, -0.2) is 4.98 Å². The summed E-state index contributed by atoms with van der Waals surface area (Å²) < 4.78 is 0. The van der Waals surface area contributed by atoms with E-state index < -0.39 is 0 Å². The fraction of sp³-hybridized carbons (Fsp3) is 0.364. The van der Waals surface area contributed by atoms with Crippen molar-refractivity contribution in [2.45, 2.75) is 13.5 Å². The number of hydrogen-bond acceptors (Lipinski definition) is 5. The second kappa shape index (κ2) is 4.50. The van der Waals surface area contributed by atoms with E-state index >= 15 is 0 Å². The predicted molar refractivity (Wildman–Crippen MR) is 62.2 cm³/mol. The van der Waals surface area contributed by atoms with Gasteiger partial charge in [0.1, 0.15) is 5.82 Å². The van der Waals surface area contributed by atoms with Crippen molar-refractivity contribution in [3.05, 3.63) is 23.4 Å². The van der Waals surface area contributed by atoms with Gasteiger partial charge in [0, 0.05) is 12.2 Å². The molecule has 1 aromatic heterocycles. The molecule has 1 aromatic rings. The first-order chi connectivity index (χ1) is 8.08. The Morgan fingerprint density at radius 1 is 1.35 bits per heavy atom. The maximum Gasteiger partial charge on any atom is 0.246 e. The van der Waals surface area contributed by atoms with Crippen molar-refractivity contribution in [1.29, 1.82) is 0 Å². The van der Waals surface area contributed by atoms with Crippen molar-refractivity contribution in [2.24, 2.45) is 5.73 Å². The summed E-state index contributed by atoms with van der Waals surface area (Å²) >= 11 is 0. The third-order valence-electron chi connectivity index (χ3n) is 2.51. The Morgan fingerprint density at radius 3 is 2.59 bits per heavy atom. The van der Waals surface area contributed by atoms with Gasteiger partial charge in [-0.2, -0.15) is 0 Å². The van der Waals surface area contributed by atoms with Gasteiger partial charge in [-0.05, 0) is 24.6 Å². The van der Waals surface area contributed by atoms with E-state index in [9.17, 15) is 9.59 Å². The molecule has 0 saturated carbocycles. The first-order valence-electron chi connectivity index (χ1n) is 5.34. The van der Waals surface area contributed by atoms with Crippen molar-refractivity contribution in [1.82, 2.24) is 10.3 Å². The number of nitrogens with zero attached hydrogens (tertiary/aromatic N) is 2. The van der Waals surface area contributed by atoms with E-state index in [4.69, 9.17) is 5.73 Å². The van der Waals surface area contributed by atoms with Crippen LogP contribution in [-0.4, -0.2) is 29.9 Å². The van der Waals surface area contributed by atoms with Gasteiger partial charge in [0.2, 0.25) is 11.8 Å². The van der Waals surface area contributed by atoms with Crippen LogP contribution in [0.15, 0.2) is 12.1 Å². The Labute approximate surface area is 98.8 Å². The molecule has 0 atom stereocenters. The molecular formula is C11H14N4O2. The molecule has 2 amide bonds. The molecule has 0 spiro atoms. The van der Waals surface area contributed by atoms with E-state index in [0.717, 1.165) is 11.3 Å². The second-order valence-electron chi connectivity index (χ2n) is 4.01. The maximum atomic E-state index is 11.3. The highest BCUT2D eigenvalue weighted by Gasteiger charge is 2.23. The highest BCUT2D eigenvalue weighted by atomic mass is 16.2. The largest absolute Gasteiger partial charge is 0.338 e. The number of carbonyl (C=O) groups excluding carboxylic acids is 2. The van der Waals surface area contributed by atoms with Gasteiger partial charge in [0.05, 0.1) is 13.1 Å². The molecule has 0 unspecified atom stereocenters. The molecule has 90 valence electrons. The summed E-state index contributed by atoms with van der Waals surface area (Å²) in [6.07, 6.45) is 0. The Hall–Kier alpha value is -1.95. The molecule has 6 heteroatoms. The van der Waals surface area contributed by atoms with Crippen molar-refractivity contribution in [3.63, 3.8) is 0 Å². The van der Waals surface area contributed by atoms with E-state index in [2.05, 4.69) is 10.3 Å². The van der Waals surface area contributed by atoms with Gasteiger partial charge >= 0.3 is 0 Å². The molecule has 6 nitrogen and oxygen atoms in total. The normalized spacial score (nSPS) is 16.0. The molecule has 1 aliphatic heterocycles. The topological polar surface area (TPSA) is 88.3 Å². The number of pyridine rings is 1. The van der Waals surface area contributed by atoms with Crippen molar-refractivity contribution in [3.8, 4) is 0 Å². The number of hydrogen-bond donors (Lipinski definition) is 2. The SMILES string of the molecule is Cc1cc(CN)cc(N2CC(=O)NC(=O)C2)n1. The lowest BCUT2D eigenvalue weighted by Crippen LogP contribution is -2.51. The first kappa shape index (κ1) is 11.5. The van der Waals surface area contributed by atoms with Crippen LogP contribution in [0.1, 0.15) is 11.3 Å². The number of nitrogens with one attached hydrogen (secondary N) is 1. The fourth-order valence-corrected chi connectivity index (χ4v) is 1.80. The van der Waals surface area contributed by atoms with Crippen LogP contribution in [0, 0.1) is 6.92 Å². The number of carbonyl (C=O) groups is 2. The van der Waals surface area contributed by atoms with E-state index in [1.807, 2.05) is 13.0 Å². The van der Waals surface area contributed by atoms with Gasteiger partial charge in [0.25, 0.3) is 0 Å². The fourth-order valence-electron chi connectivity index (χ4n) is 1.80. The van der Waals surface area contributed by atoms with Gasteiger partial charge < -0.3 is 10.6 Å². The lowest BCUT2D eigenvalue weighted by Gasteiger charge is -2.26. The average molecular weight is 234 g/mol. The number of rotatable bonds is 2. The summed E-state index contributed by atoms with van der Waals surface area (Å²) in [6, 6.07) is 3.69. The molecular weight excluding hydrogens is 220 g/mol. The highest BCUT2D eigenvalue weighted by molar-refractivity contribution is 6.02. The van der Waals surface area contributed by atoms with Gasteiger partial charge in [-0.15, -0.1) is 0 Å². The maximum absolute atomic E-state index is 11.3. The van der Waals surface area contributed by atoms with Crippen LogP contribution in [0.2, 0.25) is 0 Å². The molecule has 1 aliphatic rings. The van der Waals surface area contributed by atoms with E-state index in [1.165, 1.54) is 0 Å². The third-order valence-corrected chi connectivity index (χ3v) is 2.51. The third kappa shape index (κ3) is 2.59. The molecule has 1 saturated heterocycles. The molecule has 0 aliphatic carbocycles. The Kier molecular flexibility index (Phi) is 3.06. The molecule has 0 radical (unpaired) electrons. The predicted octanol–water partition coefficient (Wildman–Crippen LogP) is -0.688. The van der Waals surface area contributed by atoms with E-state index in [0.29, 0.717) is 12.4 Å². The zero-order valence-corrected chi connectivity index (χ0v) is 9.56. The lowest BCUT2D eigenvalue weighted by atomic mass is 10.2. The zero-order chi connectivity index (χ0) is 12.4. The first-order valence-corrected chi connectivity index (χ1v) is 5.34. The molecule has 0 aromatic carbocycles. The zero-order valence-electron chi connectivity index (χ0n) is 9.56. The van der Waals surface area contributed by atoms with E-state index in [1.54, 1.807) is 11.0 Å². The van der Waals surface area contributed by atoms with Crippen LogP contribution in [0.4, 0.5) is 5.82 Å². The summed E-state index contributed by atoms with van der Waals surface area (Å²) in [6.45, 7) is 2.55. The second-order valence-corrected chi connectivity index (χ2v) is 4.01. The van der Waals surface area contributed by atoms with Crippen LogP contribution >= 0.6 is 0 Å². The Balaban J connectivity index is 2.29. The lowest BCUT2D eigenvalue weighted by molar-refractivity contribution is -0.130. The Morgan fingerprint density at radius 2 is 2.00 bits per heavy atom. The number of nitrogens with two attached hydrogens (primary N) is 1. The highest BCUT2D eigenvalue weighted by Crippen LogP contribution is 2.15. The molecule has 2 heterocycles. The van der Waals surface area contributed by atoms with Crippen LogP contribution in [0.3, 0.4) is 0 Å². The minimum atomic E-state index is -0.307. The molecule has 0 bridgehead atoms. The minimum absolute atomic E-state index is 0.145. The smallest absolute Gasteiger partial charge is 0.246 e. The van der Waals surface area contributed by atoms with Gasteiger partial charge in [-0.1, -0.05) is 0 Å². The average Bonchev–Trinajstić information content (AvgIpc) is 2.26. The summed E-state index contributed by atoms with van der Waals surface area (Å²) in [5.41, 5.74) is 7.34. The summed E-state index contributed by atoms with van der Waals surface area (Å²) in [5.74, 6) is 0.00589. The van der Waals surface area contributed by atoms with E-state index in [-0.39, 0.29) is 24.9 Å². The Bertz CT molecular complexity index is 457. The molecule has 17 heavy (non-hydrogen) atoms. The molecule has 3 N–H and O–H groups in total. The summed E-state index contributed by atoms with van der Waals surface area (Å²) in [4.78, 5) is 28.5. The van der Waals surface area contributed by atoms with Crippen molar-refractivity contribution < 1.29 is 9.59 Å². The van der Waals surface area contributed by atoms with Crippen LogP contribution in [0.5, 0.6) is 0 Å². The number of aryl methyl sites for hydroxylation is 1. The number of imide groups is 1. The molecule has 1 fully saturated rings.